The number of nitrogens with zero attached hydrogens (tertiary/aromatic N) is 3. The second-order valence-electron chi connectivity index (χ2n) is 7.01. The highest BCUT2D eigenvalue weighted by Gasteiger charge is 2.26. The fourth-order valence-electron chi connectivity index (χ4n) is 3.16. The Hall–Kier alpha value is -3.02. The summed E-state index contributed by atoms with van der Waals surface area (Å²) in [6.45, 7) is 4.60. The highest BCUT2D eigenvalue weighted by Crippen LogP contribution is 2.18. The van der Waals surface area contributed by atoms with E-state index >= 15 is 0 Å². The first-order valence-corrected chi connectivity index (χ1v) is 9.13. The standard InChI is InChI=1S/C21H26N4O2/c1-16-5-4-6-19(15-16)24-11-13-25(14-12-24)21(27)20(26)22-17-7-9-18(10-8-17)23(2)3/h4-10,15H,11-14H2,1-3H3,(H,22,26). The molecule has 0 saturated carbocycles. The van der Waals surface area contributed by atoms with Crippen LogP contribution in [0.3, 0.4) is 0 Å². The minimum absolute atomic E-state index is 0.476. The Morgan fingerprint density at radius 2 is 1.63 bits per heavy atom. The van der Waals surface area contributed by atoms with Gasteiger partial charge < -0.3 is 20.0 Å². The second kappa shape index (κ2) is 8.12. The molecule has 1 aliphatic heterocycles. The molecule has 1 heterocycles. The number of rotatable bonds is 3. The minimum atomic E-state index is -0.586. The number of carbonyl (C=O) groups is 2. The summed E-state index contributed by atoms with van der Waals surface area (Å²) < 4.78 is 0. The molecule has 6 nitrogen and oxygen atoms in total. The summed E-state index contributed by atoms with van der Waals surface area (Å²) in [5.41, 5.74) is 4.03. The van der Waals surface area contributed by atoms with Crippen molar-refractivity contribution in [3.05, 3.63) is 54.1 Å². The lowest BCUT2D eigenvalue weighted by Crippen LogP contribution is -2.51. The number of amides is 2. The van der Waals surface area contributed by atoms with Crippen molar-refractivity contribution in [1.82, 2.24) is 4.90 Å². The van der Waals surface area contributed by atoms with Crippen LogP contribution in [0.25, 0.3) is 0 Å². The quantitative estimate of drug-likeness (QED) is 0.848. The molecule has 0 aromatic heterocycles. The Balaban J connectivity index is 1.54. The SMILES string of the molecule is Cc1cccc(N2CCN(C(=O)C(=O)Nc3ccc(N(C)C)cc3)CC2)c1. The molecule has 1 N–H and O–H groups in total. The highest BCUT2D eigenvalue weighted by molar-refractivity contribution is 6.39. The summed E-state index contributed by atoms with van der Waals surface area (Å²) in [6, 6.07) is 15.7. The average Bonchev–Trinajstić information content (AvgIpc) is 2.68. The molecule has 0 spiro atoms. The van der Waals surface area contributed by atoms with Crippen molar-refractivity contribution in [2.24, 2.45) is 0 Å². The normalized spacial score (nSPS) is 14.0. The fourth-order valence-corrected chi connectivity index (χ4v) is 3.16. The van der Waals surface area contributed by atoms with Gasteiger partial charge in [0.1, 0.15) is 0 Å². The van der Waals surface area contributed by atoms with Crippen LogP contribution in [-0.2, 0) is 9.59 Å². The highest BCUT2D eigenvalue weighted by atomic mass is 16.2. The van der Waals surface area contributed by atoms with Gasteiger partial charge in [0.15, 0.2) is 0 Å². The number of anilines is 3. The summed E-state index contributed by atoms with van der Waals surface area (Å²) >= 11 is 0. The largest absolute Gasteiger partial charge is 0.378 e. The fraction of sp³-hybridized carbons (Fsp3) is 0.333. The van der Waals surface area contributed by atoms with Crippen molar-refractivity contribution in [2.75, 3.05) is 55.4 Å². The molecule has 1 saturated heterocycles. The van der Waals surface area contributed by atoms with Gasteiger partial charge in [-0.05, 0) is 48.9 Å². The maximum Gasteiger partial charge on any atom is 0.313 e. The Morgan fingerprint density at radius 1 is 0.963 bits per heavy atom. The van der Waals surface area contributed by atoms with Crippen molar-refractivity contribution < 1.29 is 9.59 Å². The zero-order valence-corrected chi connectivity index (χ0v) is 16.1. The summed E-state index contributed by atoms with van der Waals surface area (Å²) in [6.07, 6.45) is 0. The summed E-state index contributed by atoms with van der Waals surface area (Å²) in [5, 5.41) is 2.69. The van der Waals surface area contributed by atoms with Gasteiger partial charge in [-0.25, -0.2) is 0 Å². The van der Waals surface area contributed by atoms with E-state index in [2.05, 4.69) is 35.3 Å². The molecule has 1 aliphatic rings. The van der Waals surface area contributed by atoms with E-state index in [0.29, 0.717) is 18.8 Å². The molecule has 0 bridgehead atoms. The van der Waals surface area contributed by atoms with Crippen LogP contribution < -0.4 is 15.1 Å². The van der Waals surface area contributed by atoms with Gasteiger partial charge in [0.2, 0.25) is 0 Å². The van der Waals surface area contributed by atoms with Gasteiger partial charge in [-0.1, -0.05) is 12.1 Å². The molecule has 142 valence electrons. The lowest BCUT2D eigenvalue weighted by Gasteiger charge is -2.35. The first kappa shape index (κ1) is 18.8. The van der Waals surface area contributed by atoms with Crippen LogP contribution in [0.5, 0.6) is 0 Å². The van der Waals surface area contributed by atoms with Gasteiger partial charge in [0, 0.05) is 57.3 Å². The van der Waals surface area contributed by atoms with E-state index in [1.807, 2.05) is 37.2 Å². The van der Waals surface area contributed by atoms with Crippen molar-refractivity contribution >= 4 is 28.9 Å². The summed E-state index contributed by atoms with van der Waals surface area (Å²) in [5.74, 6) is -1.06. The minimum Gasteiger partial charge on any atom is -0.378 e. The number of nitrogens with one attached hydrogen (secondary N) is 1. The van der Waals surface area contributed by atoms with E-state index < -0.39 is 11.8 Å². The maximum absolute atomic E-state index is 12.5. The zero-order chi connectivity index (χ0) is 19.4. The van der Waals surface area contributed by atoms with Crippen LogP contribution >= 0.6 is 0 Å². The van der Waals surface area contributed by atoms with E-state index in [0.717, 1.165) is 24.5 Å². The van der Waals surface area contributed by atoms with E-state index in [4.69, 9.17) is 0 Å². The second-order valence-corrected chi connectivity index (χ2v) is 7.01. The van der Waals surface area contributed by atoms with E-state index in [-0.39, 0.29) is 0 Å². The summed E-state index contributed by atoms with van der Waals surface area (Å²) in [7, 11) is 3.90. The molecule has 27 heavy (non-hydrogen) atoms. The van der Waals surface area contributed by atoms with Crippen molar-refractivity contribution in [3.63, 3.8) is 0 Å². The molecule has 2 aromatic rings. The van der Waals surface area contributed by atoms with Crippen LogP contribution in [0.2, 0.25) is 0 Å². The zero-order valence-electron chi connectivity index (χ0n) is 16.1. The predicted molar refractivity (Wildman–Crippen MR) is 109 cm³/mol. The van der Waals surface area contributed by atoms with Gasteiger partial charge in [-0.2, -0.15) is 0 Å². The Kier molecular flexibility index (Phi) is 5.64. The third-order valence-corrected chi connectivity index (χ3v) is 4.77. The number of aryl methyl sites for hydroxylation is 1. The van der Waals surface area contributed by atoms with Gasteiger partial charge in [-0.3, -0.25) is 9.59 Å². The van der Waals surface area contributed by atoms with Crippen LogP contribution in [-0.4, -0.2) is 57.0 Å². The molecule has 0 radical (unpaired) electrons. The van der Waals surface area contributed by atoms with Crippen molar-refractivity contribution in [3.8, 4) is 0 Å². The molecule has 1 fully saturated rings. The lowest BCUT2D eigenvalue weighted by atomic mass is 10.2. The number of benzene rings is 2. The summed E-state index contributed by atoms with van der Waals surface area (Å²) in [4.78, 5) is 30.6. The molecule has 2 aromatic carbocycles. The Bertz CT molecular complexity index is 809. The number of carbonyl (C=O) groups excluding carboxylic acids is 2. The van der Waals surface area contributed by atoms with E-state index in [9.17, 15) is 9.59 Å². The van der Waals surface area contributed by atoms with Crippen molar-refractivity contribution in [1.29, 1.82) is 0 Å². The van der Waals surface area contributed by atoms with Gasteiger partial charge >= 0.3 is 11.8 Å². The maximum atomic E-state index is 12.5. The Morgan fingerprint density at radius 3 is 2.22 bits per heavy atom. The van der Waals surface area contributed by atoms with Crippen LogP contribution in [0.1, 0.15) is 5.56 Å². The van der Waals surface area contributed by atoms with E-state index in [1.165, 1.54) is 5.56 Å². The molecule has 6 heteroatoms. The molecule has 0 aliphatic carbocycles. The molecule has 0 atom stereocenters. The van der Waals surface area contributed by atoms with Gasteiger partial charge in [0.05, 0.1) is 0 Å². The lowest BCUT2D eigenvalue weighted by molar-refractivity contribution is -0.143. The molecule has 0 unspecified atom stereocenters. The topological polar surface area (TPSA) is 55.9 Å². The van der Waals surface area contributed by atoms with Crippen molar-refractivity contribution in [2.45, 2.75) is 6.92 Å². The van der Waals surface area contributed by atoms with Gasteiger partial charge in [0.25, 0.3) is 0 Å². The van der Waals surface area contributed by atoms with Crippen LogP contribution in [0, 0.1) is 6.92 Å². The monoisotopic (exact) mass is 366 g/mol. The van der Waals surface area contributed by atoms with E-state index in [1.54, 1.807) is 17.0 Å². The Labute approximate surface area is 160 Å². The average molecular weight is 366 g/mol. The van der Waals surface area contributed by atoms with Crippen LogP contribution in [0.15, 0.2) is 48.5 Å². The first-order valence-electron chi connectivity index (χ1n) is 9.13. The third kappa shape index (κ3) is 4.58. The predicted octanol–water partition coefficient (Wildman–Crippen LogP) is 2.35. The third-order valence-electron chi connectivity index (χ3n) is 4.77. The molecule has 2 amide bonds. The smallest absolute Gasteiger partial charge is 0.313 e. The molecular formula is C21H26N4O2. The molecular weight excluding hydrogens is 340 g/mol. The number of hydrogen-bond acceptors (Lipinski definition) is 4. The molecule has 3 rings (SSSR count). The van der Waals surface area contributed by atoms with Crippen LogP contribution in [0.4, 0.5) is 17.1 Å². The van der Waals surface area contributed by atoms with Gasteiger partial charge in [-0.15, -0.1) is 0 Å². The number of piperazine rings is 1. The number of hydrogen-bond donors (Lipinski definition) is 1. The first-order chi connectivity index (χ1) is 12.9.